The minimum Gasteiger partial charge on any atom is -0.357 e. The summed E-state index contributed by atoms with van der Waals surface area (Å²) in [4.78, 5) is 0. The van der Waals surface area contributed by atoms with Crippen molar-refractivity contribution in [3.05, 3.63) is 41.8 Å². The molecule has 1 unspecified atom stereocenters. The molecule has 3 aromatic rings. The lowest BCUT2D eigenvalue weighted by molar-refractivity contribution is -0.0394. The van der Waals surface area contributed by atoms with E-state index in [9.17, 15) is 0 Å². The lowest BCUT2D eigenvalue weighted by Gasteiger charge is -2.22. The van der Waals surface area contributed by atoms with E-state index in [2.05, 4.69) is 11.1 Å². The van der Waals surface area contributed by atoms with Gasteiger partial charge in [-0.1, -0.05) is 24.1 Å². The van der Waals surface area contributed by atoms with Crippen molar-refractivity contribution < 1.29 is 4.74 Å². The molecule has 1 atom stereocenters. The van der Waals surface area contributed by atoms with Gasteiger partial charge in [0.2, 0.25) is 0 Å². The van der Waals surface area contributed by atoms with Crippen LogP contribution >= 0.6 is 11.6 Å². The molecule has 4 nitrogen and oxygen atoms in total. The van der Waals surface area contributed by atoms with Gasteiger partial charge in [0.15, 0.2) is 0 Å². The molecule has 1 aliphatic rings. The largest absolute Gasteiger partial charge is 0.357 e. The van der Waals surface area contributed by atoms with E-state index in [1.54, 1.807) is 4.57 Å². The number of nitrogens with zero attached hydrogens (tertiary/aromatic N) is 3. The van der Waals surface area contributed by atoms with E-state index in [4.69, 9.17) is 22.8 Å². The maximum atomic E-state index is 6.09. The van der Waals surface area contributed by atoms with Gasteiger partial charge in [-0.2, -0.15) is 5.10 Å². The maximum absolute atomic E-state index is 6.09. The number of terminal acetylenes is 1. The van der Waals surface area contributed by atoms with Crippen LogP contribution in [-0.2, 0) is 4.74 Å². The second-order valence-electron chi connectivity index (χ2n) is 5.73. The molecule has 116 valence electrons. The number of fused-ring (bicyclic) bond motifs is 1. The van der Waals surface area contributed by atoms with Gasteiger partial charge in [-0.15, -0.1) is 0 Å². The first kappa shape index (κ1) is 14.4. The van der Waals surface area contributed by atoms with Crippen molar-refractivity contribution in [2.24, 2.45) is 0 Å². The molecule has 2 aromatic heterocycles. The number of aromatic nitrogens is 3. The van der Waals surface area contributed by atoms with Crippen molar-refractivity contribution in [2.75, 3.05) is 6.61 Å². The third-order valence-corrected chi connectivity index (χ3v) is 4.51. The quantitative estimate of drug-likeness (QED) is 0.658. The van der Waals surface area contributed by atoms with Crippen LogP contribution in [0.1, 0.15) is 25.5 Å². The van der Waals surface area contributed by atoms with Crippen molar-refractivity contribution in [1.82, 2.24) is 14.3 Å². The molecule has 1 fully saturated rings. The molecule has 0 spiro atoms. The Bertz CT molecular complexity index is 897. The van der Waals surface area contributed by atoms with Crippen LogP contribution in [0.4, 0.5) is 0 Å². The molecule has 1 aromatic carbocycles. The summed E-state index contributed by atoms with van der Waals surface area (Å²) in [5.74, 6) is 0. The first-order valence-electron chi connectivity index (χ1n) is 7.69. The van der Waals surface area contributed by atoms with Crippen LogP contribution in [0.5, 0.6) is 0 Å². The zero-order chi connectivity index (χ0) is 15.8. The van der Waals surface area contributed by atoms with Crippen LogP contribution in [-0.4, -0.2) is 21.0 Å². The van der Waals surface area contributed by atoms with Crippen molar-refractivity contribution in [2.45, 2.75) is 25.5 Å². The fraction of sp³-hybridized carbons (Fsp3) is 0.278. The van der Waals surface area contributed by atoms with Gasteiger partial charge in [0, 0.05) is 46.6 Å². The van der Waals surface area contributed by atoms with Crippen molar-refractivity contribution in [3.63, 3.8) is 0 Å². The predicted octanol–water partition coefficient (Wildman–Crippen LogP) is 4.30. The number of rotatable bonds is 2. The normalized spacial score (nSPS) is 18.2. The summed E-state index contributed by atoms with van der Waals surface area (Å²) in [5.41, 5.74) is 3.01. The third-order valence-electron chi connectivity index (χ3n) is 4.27. The Morgan fingerprint density at radius 2 is 2.22 bits per heavy atom. The Labute approximate surface area is 139 Å². The average Bonchev–Trinajstić information content (AvgIpc) is 3.19. The number of halogens is 1. The fourth-order valence-electron chi connectivity index (χ4n) is 3.10. The van der Waals surface area contributed by atoms with Crippen LogP contribution in [0.25, 0.3) is 22.0 Å². The van der Waals surface area contributed by atoms with Gasteiger partial charge in [0.1, 0.15) is 6.23 Å². The maximum Gasteiger partial charge on any atom is 0.150 e. The summed E-state index contributed by atoms with van der Waals surface area (Å²) < 4.78 is 9.45. The lowest BCUT2D eigenvalue weighted by Crippen LogP contribution is -2.18. The summed E-state index contributed by atoms with van der Waals surface area (Å²) in [6.45, 7) is 0.800. The highest BCUT2D eigenvalue weighted by molar-refractivity contribution is 6.31. The van der Waals surface area contributed by atoms with E-state index in [0.717, 1.165) is 41.5 Å². The fourth-order valence-corrected chi connectivity index (χ4v) is 3.27. The van der Waals surface area contributed by atoms with Crippen LogP contribution in [0.2, 0.25) is 5.02 Å². The molecular formula is C18H16ClN3O. The van der Waals surface area contributed by atoms with Gasteiger partial charge in [-0.25, -0.2) is 4.68 Å². The van der Waals surface area contributed by atoms with E-state index in [1.165, 1.54) is 6.42 Å². The minimum atomic E-state index is 0.0351. The SMILES string of the molecule is C#Cn1cc(-c2cnn(C3CCCCO3)c2)c2ccc(Cl)cc21. The second kappa shape index (κ2) is 5.77. The highest BCUT2D eigenvalue weighted by atomic mass is 35.5. The highest BCUT2D eigenvalue weighted by Gasteiger charge is 2.18. The average molecular weight is 326 g/mol. The first-order chi connectivity index (χ1) is 11.3. The monoisotopic (exact) mass is 325 g/mol. The molecule has 1 saturated heterocycles. The third kappa shape index (κ3) is 2.52. The van der Waals surface area contributed by atoms with Gasteiger partial charge in [-0.3, -0.25) is 4.57 Å². The molecule has 5 heteroatoms. The molecular weight excluding hydrogens is 310 g/mol. The van der Waals surface area contributed by atoms with E-state index in [0.29, 0.717) is 5.02 Å². The zero-order valence-corrected chi connectivity index (χ0v) is 13.3. The predicted molar refractivity (Wildman–Crippen MR) is 91.2 cm³/mol. The van der Waals surface area contributed by atoms with Gasteiger partial charge >= 0.3 is 0 Å². The number of benzene rings is 1. The molecule has 3 heterocycles. The van der Waals surface area contributed by atoms with Crippen molar-refractivity contribution in [3.8, 4) is 23.6 Å². The Kier molecular flexibility index (Phi) is 3.60. The molecule has 0 amide bonds. The summed E-state index contributed by atoms with van der Waals surface area (Å²) in [7, 11) is 0. The standard InChI is InChI=1S/C18H16ClN3O/c1-2-21-12-16(15-7-6-14(19)9-17(15)21)13-10-20-22(11-13)18-5-3-4-8-23-18/h1,6-7,9-12,18H,3-5,8H2. The van der Waals surface area contributed by atoms with Gasteiger partial charge in [-0.05, 0) is 31.4 Å². The number of hydrogen-bond donors (Lipinski definition) is 0. The molecule has 23 heavy (non-hydrogen) atoms. The lowest BCUT2D eigenvalue weighted by atomic mass is 10.1. The molecule has 1 aliphatic heterocycles. The molecule has 0 saturated carbocycles. The van der Waals surface area contributed by atoms with E-state index in [-0.39, 0.29) is 6.23 Å². The van der Waals surface area contributed by atoms with Crippen LogP contribution in [0.15, 0.2) is 36.8 Å². The van der Waals surface area contributed by atoms with Crippen LogP contribution in [0, 0.1) is 12.5 Å². The summed E-state index contributed by atoms with van der Waals surface area (Å²) in [5, 5.41) is 6.22. The number of ether oxygens (including phenoxy) is 1. The van der Waals surface area contributed by atoms with E-state index in [1.807, 2.05) is 41.5 Å². The molecule has 0 N–H and O–H groups in total. The van der Waals surface area contributed by atoms with Gasteiger partial charge < -0.3 is 4.74 Å². The summed E-state index contributed by atoms with van der Waals surface area (Å²) in [6, 6.07) is 8.42. The Hall–Kier alpha value is -2.22. The molecule has 4 rings (SSSR count). The zero-order valence-electron chi connectivity index (χ0n) is 12.6. The first-order valence-corrected chi connectivity index (χ1v) is 8.07. The Morgan fingerprint density at radius 1 is 1.30 bits per heavy atom. The van der Waals surface area contributed by atoms with Crippen LogP contribution in [0.3, 0.4) is 0 Å². The smallest absolute Gasteiger partial charge is 0.150 e. The molecule has 0 radical (unpaired) electrons. The number of hydrogen-bond acceptors (Lipinski definition) is 2. The van der Waals surface area contributed by atoms with Gasteiger partial charge in [0.05, 0.1) is 11.7 Å². The Morgan fingerprint density at radius 3 is 3.00 bits per heavy atom. The molecule has 0 aliphatic carbocycles. The van der Waals surface area contributed by atoms with E-state index >= 15 is 0 Å². The highest BCUT2D eigenvalue weighted by Crippen LogP contribution is 2.33. The summed E-state index contributed by atoms with van der Waals surface area (Å²) >= 11 is 6.09. The second-order valence-corrected chi connectivity index (χ2v) is 6.17. The molecule has 0 bridgehead atoms. The van der Waals surface area contributed by atoms with Gasteiger partial charge in [0.25, 0.3) is 0 Å². The van der Waals surface area contributed by atoms with E-state index < -0.39 is 0 Å². The Balaban J connectivity index is 1.78. The minimum absolute atomic E-state index is 0.0351. The summed E-state index contributed by atoms with van der Waals surface area (Å²) in [6.07, 6.45) is 14.8. The van der Waals surface area contributed by atoms with Crippen LogP contribution < -0.4 is 0 Å². The van der Waals surface area contributed by atoms with Crippen molar-refractivity contribution in [1.29, 1.82) is 0 Å². The van der Waals surface area contributed by atoms with Crippen molar-refractivity contribution >= 4 is 22.5 Å². The topological polar surface area (TPSA) is 32.0 Å².